The Hall–Kier alpha value is -2.76. The van der Waals surface area contributed by atoms with Crippen molar-refractivity contribution in [1.29, 1.82) is 0 Å². The third-order valence-electron chi connectivity index (χ3n) is 5.36. The van der Waals surface area contributed by atoms with Gasteiger partial charge in [-0.05, 0) is 18.9 Å². The van der Waals surface area contributed by atoms with E-state index in [0.717, 1.165) is 11.5 Å². The molecule has 1 saturated heterocycles. The van der Waals surface area contributed by atoms with Crippen LogP contribution in [0.4, 0.5) is 24.7 Å². The highest BCUT2D eigenvalue weighted by Gasteiger charge is 2.36. The summed E-state index contributed by atoms with van der Waals surface area (Å²) in [5.74, 6) is 0.325. The molecule has 8 nitrogen and oxygen atoms in total. The Bertz CT molecular complexity index is 1180. The summed E-state index contributed by atoms with van der Waals surface area (Å²) in [6.45, 7) is 0.636. The van der Waals surface area contributed by atoms with Gasteiger partial charge in [0.2, 0.25) is 10.0 Å². The molecule has 4 rings (SSSR count). The molecule has 1 fully saturated rings. The maximum atomic E-state index is 13.0. The molecular formula is C18H21F3N6O2S. The number of nitrogens with zero attached hydrogens (tertiary/aromatic N) is 5. The van der Waals surface area contributed by atoms with Crippen molar-refractivity contribution in [2.24, 2.45) is 14.1 Å². The Labute approximate surface area is 171 Å². The molecule has 1 N–H and O–H groups in total. The maximum Gasteiger partial charge on any atom is 0.435 e. The molecule has 0 saturated carbocycles. The van der Waals surface area contributed by atoms with Gasteiger partial charge in [0.05, 0.1) is 22.7 Å². The van der Waals surface area contributed by atoms with Gasteiger partial charge in [-0.3, -0.25) is 14.1 Å². The predicted octanol–water partition coefficient (Wildman–Crippen LogP) is 2.74. The predicted molar refractivity (Wildman–Crippen MR) is 107 cm³/mol. The molecule has 3 heterocycles. The number of aryl methyl sites for hydroxylation is 2. The number of aromatic nitrogens is 4. The zero-order valence-corrected chi connectivity index (χ0v) is 17.2. The molecule has 0 spiro atoms. The second-order valence-electron chi connectivity index (χ2n) is 7.35. The van der Waals surface area contributed by atoms with Crippen LogP contribution in [0.1, 0.15) is 18.5 Å². The number of nitrogens with one attached hydrogen (secondary N) is 1. The van der Waals surface area contributed by atoms with Gasteiger partial charge in [0.1, 0.15) is 5.82 Å². The van der Waals surface area contributed by atoms with Gasteiger partial charge in [0.25, 0.3) is 0 Å². The lowest BCUT2D eigenvalue weighted by Gasteiger charge is -2.33. The number of halogens is 3. The standard InChI is InChI=1S/C18H21F3N6O2S/c1-25-16(10-15(23-25)18(19,20)21)27-8-6-13(7-9-27)30(28,29)24-14-5-3-4-12-11-22-26(2)17(12)14/h3-5,10-11,13,24H,6-9H2,1-2H3. The number of fused-ring (bicyclic) bond motifs is 1. The Morgan fingerprint density at radius 1 is 1.13 bits per heavy atom. The van der Waals surface area contributed by atoms with Gasteiger partial charge < -0.3 is 4.90 Å². The van der Waals surface area contributed by atoms with Crippen molar-refractivity contribution < 1.29 is 21.6 Å². The number of sulfonamides is 1. The zero-order chi connectivity index (χ0) is 21.7. The van der Waals surface area contributed by atoms with Gasteiger partial charge in [0.15, 0.2) is 5.69 Å². The number of alkyl halides is 3. The van der Waals surface area contributed by atoms with Crippen LogP contribution in [-0.2, 0) is 30.3 Å². The summed E-state index contributed by atoms with van der Waals surface area (Å²) in [5.41, 5.74) is 0.185. The summed E-state index contributed by atoms with van der Waals surface area (Å²) in [4.78, 5) is 1.73. The first-order valence-corrected chi connectivity index (χ1v) is 10.9. The fourth-order valence-electron chi connectivity index (χ4n) is 3.84. The van der Waals surface area contributed by atoms with Crippen LogP contribution in [0.15, 0.2) is 30.5 Å². The van der Waals surface area contributed by atoms with Crippen LogP contribution in [-0.4, -0.2) is 46.3 Å². The van der Waals surface area contributed by atoms with Gasteiger partial charge in [0, 0.05) is 38.6 Å². The second kappa shape index (κ2) is 7.18. The number of piperidine rings is 1. The Balaban J connectivity index is 1.48. The highest BCUT2D eigenvalue weighted by Crippen LogP contribution is 2.32. The van der Waals surface area contributed by atoms with E-state index < -0.39 is 27.1 Å². The Morgan fingerprint density at radius 3 is 2.47 bits per heavy atom. The van der Waals surface area contributed by atoms with Crippen molar-refractivity contribution in [3.8, 4) is 0 Å². The normalized spacial score (nSPS) is 16.4. The number of rotatable bonds is 4. The number of para-hydroxylation sites is 1. The summed E-state index contributed by atoms with van der Waals surface area (Å²) in [7, 11) is -0.491. The van der Waals surface area contributed by atoms with E-state index in [-0.39, 0.29) is 0 Å². The summed E-state index contributed by atoms with van der Waals surface area (Å²) >= 11 is 0. The highest BCUT2D eigenvalue weighted by atomic mass is 32.2. The van der Waals surface area contributed by atoms with Gasteiger partial charge in [-0.25, -0.2) is 8.42 Å². The van der Waals surface area contributed by atoms with Crippen LogP contribution in [0, 0.1) is 0 Å². The average Bonchev–Trinajstić information content (AvgIpc) is 3.25. The van der Waals surface area contributed by atoms with Crippen molar-refractivity contribution in [3.63, 3.8) is 0 Å². The highest BCUT2D eigenvalue weighted by molar-refractivity contribution is 7.93. The molecule has 0 aliphatic carbocycles. The van der Waals surface area contributed by atoms with Crippen molar-refractivity contribution in [1.82, 2.24) is 19.6 Å². The lowest BCUT2D eigenvalue weighted by molar-refractivity contribution is -0.141. The number of hydrogen-bond donors (Lipinski definition) is 1. The first-order valence-electron chi connectivity index (χ1n) is 9.35. The van der Waals surface area contributed by atoms with E-state index in [0.29, 0.717) is 43.0 Å². The summed E-state index contributed by atoms with van der Waals surface area (Å²) in [6.07, 6.45) is -2.27. The molecule has 0 atom stereocenters. The Morgan fingerprint density at radius 2 is 1.83 bits per heavy atom. The average molecular weight is 442 g/mol. The first-order chi connectivity index (χ1) is 14.1. The van der Waals surface area contributed by atoms with E-state index in [1.54, 1.807) is 35.0 Å². The summed E-state index contributed by atoms with van der Waals surface area (Å²) < 4.78 is 70.1. The van der Waals surface area contributed by atoms with E-state index in [9.17, 15) is 21.6 Å². The van der Waals surface area contributed by atoms with Crippen molar-refractivity contribution in [3.05, 3.63) is 36.2 Å². The Kier molecular flexibility index (Phi) is 4.91. The van der Waals surface area contributed by atoms with Crippen LogP contribution in [0.25, 0.3) is 10.9 Å². The number of benzene rings is 1. The van der Waals surface area contributed by atoms with Crippen LogP contribution in [0.5, 0.6) is 0 Å². The lowest BCUT2D eigenvalue weighted by atomic mass is 10.1. The molecule has 12 heteroatoms. The third kappa shape index (κ3) is 3.71. The summed E-state index contributed by atoms with van der Waals surface area (Å²) in [6, 6.07) is 6.29. The molecule has 1 aliphatic heterocycles. The van der Waals surface area contributed by atoms with E-state index in [1.807, 2.05) is 6.07 Å². The van der Waals surface area contributed by atoms with E-state index in [2.05, 4.69) is 14.9 Å². The minimum absolute atomic E-state index is 0.295. The van der Waals surface area contributed by atoms with E-state index >= 15 is 0 Å². The molecular weight excluding hydrogens is 421 g/mol. The molecule has 0 amide bonds. The third-order valence-corrected chi connectivity index (χ3v) is 7.22. The van der Waals surface area contributed by atoms with Crippen molar-refractivity contribution >= 4 is 32.4 Å². The van der Waals surface area contributed by atoms with Crippen LogP contribution in [0.2, 0.25) is 0 Å². The molecule has 0 bridgehead atoms. The molecule has 162 valence electrons. The SMILES string of the molecule is Cn1nc(C(F)(F)F)cc1N1CCC(S(=O)(=O)Nc2cccc3cnn(C)c23)CC1. The number of anilines is 2. The first kappa shape index (κ1) is 20.5. The number of hydrogen-bond acceptors (Lipinski definition) is 5. The van der Waals surface area contributed by atoms with Crippen LogP contribution < -0.4 is 9.62 Å². The molecule has 2 aromatic heterocycles. The molecule has 30 heavy (non-hydrogen) atoms. The monoisotopic (exact) mass is 442 g/mol. The molecule has 3 aromatic rings. The molecule has 1 aliphatic rings. The fourth-order valence-corrected chi connectivity index (χ4v) is 5.31. The summed E-state index contributed by atoms with van der Waals surface area (Å²) in [5, 5.41) is 7.86. The van der Waals surface area contributed by atoms with Gasteiger partial charge in [-0.1, -0.05) is 12.1 Å². The zero-order valence-electron chi connectivity index (χ0n) is 16.4. The quantitative estimate of drug-likeness (QED) is 0.672. The largest absolute Gasteiger partial charge is 0.435 e. The lowest BCUT2D eigenvalue weighted by Crippen LogP contribution is -2.41. The van der Waals surface area contributed by atoms with Gasteiger partial charge >= 0.3 is 6.18 Å². The van der Waals surface area contributed by atoms with Crippen molar-refractivity contribution in [2.75, 3.05) is 22.7 Å². The molecule has 0 unspecified atom stereocenters. The fraction of sp³-hybridized carbons (Fsp3) is 0.444. The van der Waals surface area contributed by atoms with E-state index in [4.69, 9.17) is 0 Å². The van der Waals surface area contributed by atoms with Crippen LogP contribution >= 0.6 is 0 Å². The second-order valence-corrected chi connectivity index (χ2v) is 9.32. The smallest absolute Gasteiger partial charge is 0.357 e. The van der Waals surface area contributed by atoms with Crippen molar-refractivity contribution in [2.45, 2.75) is 24.3 Å². The van der Waals surface area contributed by atoms with E-state index in [1.165, 1.54) is 11.7 Å². The minimum Gasteiger partial charge on any atom is -0.357 e. The van der Waals surface area contributed by atoms with Gasteiger partial charge in [-0.2, -0.15) is 23.4 Å². The topological polar surface area (TPSA) is 85.1 Å². The maximum absolute atomic E-state index is 13.0. The van der Waals surface area contributed by atoms with Gasteiger partial charge in [-0.15, -0.1) is 0 Å². The molecule has 0 radical (unpaired) electrons. The minimum atomic E-state index is -4.52. The van der Waals surface area contributed by atoms with Crippen LogP contribution in [0.3, 0.4) is 0 Å². The molecule has 1 aromatic carbocycles.